The van der Waals surface area contributed by atoms with Crippen molar-refractivity contribution in [2.45, 2.75) is 6.10 Å². The van der Waals surface area contributed by atoms with Crippen molar-refractivity contribution >= 4 is 11.2 Å². The predicted molar refractivity (Wildman–Crippen MR) is 88.7 cm³/mol. The Morgan fingerprint density at radius 2 is 1.91 bits per heavy atom. The minimum atomic E-state index is -0.686. The van der Waals surface area contributed by atoms with Crippen molar-refractivity contribution in [3.63, 3.8) is 0 Å². The van der Waals surface area contributed by atoms with Crippen LogP contribution in [0, 0.1) is 0 Å². The fourth-order valence-electron chi connectivity index (χ4n) is 3.08. The molecule has 23 heavy (non-hydrogen) atoms. The molecule has 1 atom stereocenters. The second-order valence-corrected chi connectivity index (χ2v) is 5.74. The maximum absolute atomic E-state index is 10.8. The van der Waals surface area contributed by atoms with Crippen molar-refractivity contribution in [2.24, 2.45) is 0 Å². The highest BCUT2D eigenvalue weighted by Crippen LogP contribution is 2.26. The second kappa shape index (κ2) is 6.02. The number of aromatic nitrogens is 2. The van der Waals surface area contributed by atoms with Crippen LogP contribution in [-0.2, 0) is 4.74 Å². The molecule has 4 rings (SSSR count). The normalized spacial score (nSPS) is 16.7. The minimum Gasteiger partial charge on any atom is -0.382 e. The Labute approximate surface area is 134 Å². The molecule has 3 heterocycles. The third-order valence-electron chi connectivity index (χ3n) is 4.32. The summed E-state index contributed by atoms with van der Waals surface area (Å²) in [5.74, 6) is 0. The Morgan fingerprint density at radius 1 is 1.09 bits per heavy atom. The van der Waals surface area contributed by atoms with Crippen LogP contribution in [0.15, 0.2) is 55.0 Å². The first-order valence-corrected chi connectivity index (χ1v) is 7.84. The van der Waals surface area contributed by atoms with E-state index in [4.69, 9.17) is 4.74 Å². The predicted octanol–water partition coefficient (Wildman–Crippen LogP) is 2.25. The SMILES string of the molecule is OC(c1cccc(N2CCOCC2)c1)c1cccc2cncn12. The molecule has 2 aromatic heterocycles. The van der Waals surface area contributed by atoms with E-state index in [1.807, 2.05) is 34.7 Å². The molecule has 0 aliphatic carbocycles. The number of nitrogens with zero attached hydrogens (tertiary/aromatic N) is 3. The van der Waals surface area contributed by atoms with Crippen LogP contribution in [0.2, 0.25) is 0 Å². The Morgan fingerprint density at radius 3 is 2.78 bits per heavy atom. The van der Waals surface area contributed by atoms with E-state index in [1.54, 1.807) is 12.5 Å². The molecule has 0 radical (unpaired) electrons. The molecule has 1 fully saturated rings. The summed E-state index contributed by atoms with van der Waals surface area (Å²) in [6.07, 6.45) is 2.84. The van der Waals surface area contributed by atoms with Gasteiger partial charge in [0.05, 0.1) is 36.9 Å². The molecule has 5 heteroatoms. The van der Waals surface area contributed by atoms with E-state index in [0.29, 0.717) is 0 Å². The number of anilines is 1. The first-order chi connectivity index (χ1) is 11.3. The van der Waals surface area contributed by atoms with Crippen molar-refractivity contribution < 1.29 is 9.84 Å². The first kappa shape index (κ1) is 14.2. The van der Waals surface area contributed by atoms with Crippen LogP contribution < -0.4 is 4.90 Å². The summed E-state index contributed by atoms with van der Waals surface area (Å²) < 4.78 is 7.33. The van der Waals surface area contributed by atoms with Crippen LogP contribution in [0.1, 0.15) is 17.4 Å². The molecule has 0 spiro atoms. The average Bonchev–Trinajstić information content (AvgIpc) is 3.11. The Kier molecular flexibility index (Phi) is 3.73. The Bertz CT molecular complexity index is 809. The van der Waals surface area contributed by atoms with Gasteiger partial charge in [-0.05, 0) is 29.8 Å². The van der Waals surface area contributed by atoms with Gasteiger partial charge in [-0.1, -0.05) is 18.2 Å². The van der Waals surface area contributed by atoms with Crippen molar-refractivity contribution in [3.8, 4) is 0 Å². The van der Waals surface area contributed by atoms with Crippen LogP contribution in [0.5, 0.6) is 0 Å². The van der Waals surface area contributed by atoms with E-state index in [9.17, 15) is 5.11 Å². The van der Waals surface area contributed by atoms with Gasteiger partial charge in [0, 0.05) is 18.8 Å². The molecule has 1 saturated heterocycles. The fraction of sp³-hybridized carbons (Fsp3) is 0.278. The number of fused-ring (bicyclic) bond motifs is 1. The van der Waals surface area contributed by atoms with Gasteiger partial charge in [0.25, 0.3) is 0 Å². The number of hydrogen-bond donors (Lipinski definition) is 1. The summed E-state index contributed by atoms with van der Waals surface area (Å²) in [4.78, 5) is 6.45. The molecule has 1 N–H and O–H groups in total. The Hall–Kier alpha value is -2.37. The smallest absolute Gasteiger partial charge is 0.119 e. The molecule has 1 aliphatic heterocycles. The van der Waals surface area contributed by atoms with Gasteiger partial charge in [0.15, 0.2) is 0 Å². The van der Waals surface area contributed by atoms with Crippen molar-refractivity contribution in [3.05, 3.63) is 66.2 Å². The highest BCUT2D eigenvalue weighted by Gasteiger charge is 2.16. The van der Waals surface area contributed by atoms with Gasteiger partial charge in [-0.15, -0.1) is 0 Å². The summed E-state index contributed by atoms with van der Waals surface area (Å²) in [5.41, 5.74) is 3.81. The van der Waals surface area contributed by atoms with Crippen LogP contribution in [0.4, 0.5) is 5.69 Å². The summed E-state index contributed by atoms with van der Waals surface area (Å²) in [7, 11) is 0. The standard InChI is InChI=1S/C18H19N3O2/c22-18(17-6-2-5-16-12-19-13-21(16)17)14-3-1-4-15(11-14)20-7-9-23-10-8-20/h1-6,11-13,18,22H,7-10H2. The van der Waals surface area contributed by atoms with Gasteiger partial charge >= 0.3 is 0 Å². The van der Waals surface area contributed by atoms with Crippen molar-refractivity contribution in [2.75, 3.05) is 31.2 Å². The number of pyridine rings is 1. The number of rotatable bonds is 3. The molecule has 3 aromatic rings. The third kappa shape index (κ3) is 2.69. The number of benzene rings is 1. The van der Waals surface area contributed by atoms with Crippen LogP contribution >= 0.6 is 0 Å². The Balaban J connectivity index is 1.68. The van der Waals surface area contributed by atoms with E-state index in [-0.39, 0.29) is 0 Å². The quantitative estimate of drug-likeness (QED) is 0.806. The number of aliphatic hydroxyl groups excluding tert-OH is 1. The number of imidazole rings is 1. The van der Waals surface area contributed by atoms with E-state index < -0.39 is 6.10 Å². The van der Waals surface area contributed by atoms with E-state index in [1.165, 1.54) is 0 Å². The molecule has 1 aromatic carbocycles. The fourth-order valence-corrected chi connectivity index (χ4v) is 3.08. The summed E-state index contributed by atoms with van der Waals surface area (Å²) in [5, 5.41) is 10.8. The highest BCUT2D eigenvalue weighted by atomic mass is 16.5. The monoisotopic (exact) mass is 309 g/mol. The van der Waals surface area contributed by atoms with E-state index >= 15 is 0 Å². The molecule has 118 valence electrons. The van der Waals surface area contributed by atoms with E-state index in [2.05, 4.69) is 22.0 Å². The third-order valence-corrected chi connectivity index (χ3v) is 4.32. The molecule has 1 unspecified atom stereocenters. The zero-order valence-corrected chi connectivity index (χ0v) is 12.8. The lowest BCUT2D eigenvalue weighted by molar-refractivity contribution is 0.122. The van der Waals surface area contributed by atoms with Gasteiger partial charge in [0.2, 0.25) is 0 Å². The molecule has 0 saturated carbocycles. The summed E-state index contributed by atoms with van der Waals surface area (Å²) in [6, 6.07) is 14.0. The van der Waals surface area contributed by atoms with Crippen LogP contribution in [0.3, 0.4) is 0 Å². The molecule has 1 aliphatic rings. The molecule has 5 nitrogen and oxygen atoms in total. The molecular formula is C18H19N3O2. The van der Waals surface area contributed by atoms with Gasteiger partial charge in [0.1, 0.15) is 6.10 Å². The van der Waals surface area contributed by atoms with Crippen LogP contribution in [0.25, 0.3) is 5.52 Å². The van der Waals surface area contributed by atoms with E-state index in [0.717, 1.165) is 48.8 Å². The van der Waals surface area contributed by atoms with Crippen molar-refractivity contribution in [1.82, 2.24) is 9.38 Å². The zero-order valence-electron chi connectivity index (χ0n) is 12.8. The van der Waals surface area contributed by atoms with Gasteiger partial charge in [-0.25, -0.2) is 4.98 Å². The molecule has 0 amide bonds. The maximum atomic E-state index is 10.8. The maximum Gasteiger partial charge on any atom is 0.119 e. The topological polar surface area (TPSA) is 50.0 Å². The number of ether oxygens (including phenoxy) is 1. The largest absolute Gasteiger partial charge is 0.382 e. The number of aliphatic hydroxyl groups is 1. The average molecular weight is 309 g/mol. The van der Waals surface area contributed by atoms with Gasteiger partial charge in [-0.3, -0.25) is 0 Å². The van der Waals surface area contributed by atoms with Gasteiger partial charge < -0.3 is 19.1 Å². The van der Waals surface area contributed by atoms with Crippen LogP contribution in [-0.4, -0.2) is 40.8 Å². The van der Waals surface area contributed by atoms with Gasteiger partial charge in [-0.2, -0.15) is 0 Å². The lowest BCUT2D eigenvalue weighted by atomic mass is 10.0. The lowest BCUT2D eigenvalue weighted by Crippen LogP contribution is -2.36. The minimum absolute atomic E-state index is 0.686. The molecule has 0 bridgehead atoms. The first-order valence-electron chi connectivity index (χ1n) is 7.84. The lowest BCUT2D eigenvalue weighted by Gasteiger charge is -2.29. The summed E-state index contributed by atoms with van der Waals surface area (Å²) >= 11 is 0. The molecular weight excluding hydrogens is 290 g/mol. The van der Waals surface area contributed by atoms with Crippen molar-refractivity contribution in [1.29, 1.82) is 0 Å². The summed E-state index contributed by atoms with van der Waals surface area (Å²) in [6.45, 7) is 3.27. The highest BCUT2D eigenvalue weighted by molar-refractivity contribution is 5.51. The zero-order chi connectivity index (χ0) is 15.6. The second-order valence-electron chi connectivity index (χ2n) is 5.74. The number of hydrogen-bond acceptors (Lipinski definition) is 4. The number of morpholine rings is 1.